The Kier molecular flexibility index (Phi) is 12.1. The molecule has 9 rings (SSSR count). The van der Waals surface area contributed by atoms with Crippen molar-refractivity contribution in [2.45, 2.75) is 64.7 Å². The van der Waals surface area contributed by atoms with Gasteiger partial charge in [0, 0.05) is 70.4 Å². The number of piperazine rings is 1. The summed E-state index contributed by atoms with van der Waals surface area (Å²) in [6.45, 7) is 12.0. The lowest BCUT2D eigenvalue weighted by Crippen LogP contribution is -2.54. The Hall–Kier alpha value is -6.31. The van der Waals surface area contributed by atoms with E-state index in [-0.39, 0.29) is 24.3 Å². The first-order chi connectivity index (χ1) is 30.7. The average Bonchev–Trinajstić information content (AvgIpc) is 4.09. The Labute approximate surface area is 364 Å². The first-order valence-electron chi connectivity index (χ1n) is 21.9. The van der Waals surface area contributed by atoms with Crippen LogP contribution in [0.2, 0.25) is 0 Å². The van der Waals surface area contributed by atoms with E-state index in [1.54, 1.807) is 23.4 Å². The van der Waals surface area contributed by atoms with E-state index >= 15 is 0 Å². The number of benzene rings is 1. The van der Waals surface area contributed by atoms with Crippen molar-refractivity contribution in [3.63, 3.8) is 0 Å². The molecule has 4 aromatic rings. The number of hydrogen-bond donors (Lipinski definition) is 2. The fourth-order valence-electron chi connectivity index (χ4n) is 9.15. The summed E-state index contributed by atoms with van der Waals surface area (Å²) in [6, 6.07) is 12.1. The number of hydrogen-bond acceptors (Lipinski definition) is 15. The summed E-state index contributed by atoms with van der Waals surface area (Å²) in [5, 5.41) is 14.0. The molecule has 5 amide bonds. The Balaban J connectivity index is 0.732. The van der Waals surface area contributed by atoms with Gasteiger partial charge in [0.2, 0.25) is 11.8 Å². The van der Waals surface area contributed by atoms with E-state index in [0.717, 1.165) is 55.3 Å². The zero-order valence-electron chi connectivity index (χ0n) is 35.6. The maximum Gasteiger partial charge on any atom is 0.264 e. The van der Waals surface area contributed by atoms with Crippen LogP contribution in [0.3, 0.4) is 0 Å². The Morgan fingerprint density at radius 3 is 2.43 bits per heavy atom. The van der Waals surface area contributed by atoms with E-state index in [9.17, 15) is 24.0 Å². The Bertz CT molecular complexity index is 2420. The molecular formula is C44H52N12O7. The van der Waals surface area contributed by atoms with E-state index in [1.807, 2.05) is 41.8 Å². The number of ether oxygens (including phenoxy) is 2. The molecule has 3 fully saturated rings. The largest absolute Gasteiger partial charge is 0.378 e. The lowest BCUT2D eigenvalue weighted by atomic mass is 10.0. The van der Waals surface area contributed by atoms with Crippen molar-refractivity contribution in [2.75, 3.05) is 92.3 Å². The third-order valence-corrected chi connectivity index (χ3v) is 12.6. The highest BCUT2D eigenvalue weighted by atomic mass is 16.5. The summed E-state index contributed by atoms with van der Waals surface area (Å²) in [7, 11) is 0. The van der Waals surface area contributed by atoms with Gasteiger partial charge in [0.25, 0.3) is 17.7 Å². The number of anilines is 4. The van der Waals surface area contributed by atoms with E-state index in [1.165, 1.54) is 0 Å². The Morgan fingerprint density at radius 1 is 0.841 bits per heavy atom. The van der Waals surface area contributed by atoms with Crippen molar-refractivity contribution in [3.05, 3.63) is 71.0 Å². The highest BCUT2D eigenvalue weighted by Crippen LogP contribution is 2.37. The van der Waals surface area contributed by atoms with Crippen LogP contribution in [0.15, 0.2) is 48.8 Å². The number of piperidine rings is 1. The second kappa shape index (κ2) is 18.2. The number of pyridine rings is 2. The van der Waals surface area contributed by atoms with E-state index in [2.05, 4.69) is 42.5 Å². The quantitative estimate of drug-likeness (QED) is 0.123. The summed E-state index contributed by atoms with van der Waals surface area (Å²) in [6.07, 6.45) is 4.02. The van der Waals surface area contributed by atoms with Gasteiger partial charge in [0.1, 0.15) is 35.5 Å². The molecule has 2 atom stereocenters. The molecule has 0 saturated carbocycles. The predicted molar refractivity (Wildman–Crippen MR) is 232 cm³/mol. The molecule has 8 heterocycles. The molecule has 5 aliphatic heterocycles. The number of carbonyl (C=O) groups is 5. The highest BCUT2D eigenvalue weighted by Gasteiger charge is 2.46. The molecule has 5 aliphatic rings. The van der Waals surface area contributed by atoms with Gasteiger partial charge in [-0.15, -0.1) is 10.2 Å². The van der Waals surface area contributed by atoms with Gasteiger partial charge in [-0.1, -0.05) is 12.1 Å². The molecule has 19 nitrogen and oxygen atoms in total. The monoisotopic (exact) mass is 860 g/mol. The molecule has 0 bridgehead atoms. The van der Waals surface area contributed by atoms with Gasteiger partial charge < -0.3 is 29.2 Å². The summed E-state index contributed by atoms with van der Waals surface area (Å²) >= 11 is 0. The first kappa shape index (κ1) is 42.0. The van der Waals surface area contributed by atoms with E-state index in [4.69, 9.17) is 19.4 Å². The molecule has 0 radical (unpaired) electrons. The zero-order chi connectivity index (χ0) is 43.6. The van der Waals surface area contributed by atoms with Crippen LogP contribution in [0.1, 0.15) is 76.2 Å². The first-order valence-corrected chi connectivity index (χ1v) is 21.9. The van der Waals surface area contributed by atoms with Gasteiger partial charge in [0.05, 0.1) is 55.4 Å². The SMILES string of the molecule is CCn1cnnc1-c1cccc(N2Cc3c(cc(N4CCC[C@H]4C)nc3NCCOCCOCCN3CCN(c4cccc5c4C(=O)N(C4CCC(=O)NC4=O)C5=O)CC3)C2=O)n1. The third kappa shape index (κ3) is 8.35. The van der Waals surface area contributed by atoms with E-state index < -0.39 is 29.7 Å². The van der Waals surface area contributed by atoms with Crippen molar-refractivity contribution in [3.8, 4) is 11.5 Å². The number of nitrogens with zero attached hydrogens (tertiary/aromatic N) is 10. The number of rotatable bonds is 16. The number of aromatic nitrogens is 5. The molecule has 1 unspecified atom stereocenters. The van der Waals surface area contributed by atoms with Crippen LogP contribution >= 0.6 is 0 Å². The highest BCUT2D eigenvalue weighted by molar-refractivity contribution is 6.25. The van der Waals surface area contributed by atoms with Gasteiger partial charge >= 0.3 is 0 Å². The van der Waals surface area contributed by atoms with Crippen LogP contribution in [0.4, 0.5) is 23.1 Å². The second-order valence-corrected chi connectivity index (χ2v) is 16.4. The molecule has 0 spiro atoms. The molecule has 2 N–H and O–H groups in total. The maximum atomic E-state index is 14.0. The average molecular weight is 861 g/mol. The van der Waals surface area contributed by atoms with Crippen LogP contribution in [0.25, 0.3) is 11.5 Å². The minimum atomic E-state index is -0.998. The van der Waals surface area contributed by atoms with Crippen molar-refractivity contribution in [2.24, 2.45) is 0 Å². The maximum absolute atomic E-state index is 14.0. The molecule has 0 aliphatic carbocycles. The topological polar surface area (TPSA) is 201 Å². The van der Waals surface area contributed by atoms with Crippen LogP contribution in [0.5, 0.6) is 0 Å². The lowest BCUT2D eigenvalue weighted by Gasteiger charge is -2.36. The molecule has 63 heavy (non-hydrogen) atoms. The smallest absolute Gasteiger partial charge is 0.264 e. The number of amides is 5. The van der Waals surface area contributed by atoms with Gasteiger partial charge in [-0.05, 0) is 63.4 Å². The molecule has 1 aromatic carbocycles. The van der Waals surface area contributed by atoms with Crippen LogP contribution in [-0.4, -0.2) is 148 Å². The summed E-state index contributed by atoms with van der Waals surface area (Å²) < 4.78 is 13.8. The van der Waals surface area contributed by atoms with Crippen LogP contribution in [0, 0.1) is 0 Å². The fourth-order valence-corrected chi connectivity index (χ4v) is 9.15. The van der Waals surface area contributed by atoms with Gasteiger partial charge in [-0.25, -0.2) is 9.97 Å². The summed E-state index contributed by atoms with van der Waals surface area (Å²) in [4.78, 5) is 84.4. The molecule has 330 valence electrons. The second-order valence-electron chi connectivity index (χ2n) is 16.4. The predicted octanol–water partition coefficient (Wildman–Crippen LogP) is 2.57. The van der Waals surface area contributed by atoms with Gasteiger partial charge in [-0.2, -0.15) is 0 Å². The number of fused-ring (bicyclic) bond motifs is 2. The molecule has 19 heteroatoms. The Morgan fingerprint density at radius 2 is 1.65 bits per heavy atom. The molecule has 3 aromatic heterocycles. The summed E-state index contributed by atoms with van der Waals surface area (Å²) in [5.74, 6) is 0.515. The van der Waals surface area contributed by atoms with Gasteiger partial charge in [-0.3, -0.25) is 44.0 Å². The molecule has 3 saturated heterocycles. The lowest BCUT2D eigenvalue weighted by molar-refractivity contribution is -0.136. The van der Waals surface area contributed by atoms with Crippen LogP contribution in [-0.2, 0) is 32.2 Å². The minimum Gasteiger partial charge on any atom is -0.378 e. The van der Waals surface area contributed by atoms with E-state index in [0.29, 0.717) is 105 Å². The number of imide groups is 2. The van der Waals surface area contributed by atoms with Crippen molar-refractivity contribution in [1.82, 2.24) is 39.8 Å². The fraction of sp³-hybridized carbons (Fsp3) is 0.477. The van der Waals surface area contributed by atoms with Gasteiger partial charge in [0.15, 0.2) is 5.82 Å². The van der Waals surface area contributed by atoms with Crippen molar-refractivity contribution in [1.29, 1.82) is 0 Å². The summed E-state index contributed by atoms with van der Waals surface area (Å²) in [5.41, 5.74) is 3.38. The van der Waals surface area contributed by atoms with Crippen molar-refractivity contribution < 1.29 is 33.4 Å². The standard InChI is InChI=1S/C44H52N12O7/c1-3-52-27-46-50-40(52)32-9-5-11-35(47-32)55-26-31-30(42(55)59)25-36(54-15-6-7-28(54)2)48-39(31)45-14-21-62-23-24-63-22-20-51-16-18-53(19-17-51)33-10-4-8-29-38(33)44(61)56(43(29)60)34-12-13-37(57)49-41(34)58/h4-5,8-11,25,27-28,34H,3,6-7,12-24,26H2,1-2H3,(H,45,48)(H,49,57,58)/t28-,34?/m1/s1. The number of aryl methyl sites for hydroxylation is 1. The normalized spacial score (nSPS) is 20.3. The number of nitrogens with one attached hydrogen (secondary N) is 2. The van der Waals surface area contributed by atoms with Crippen molar-refractivity contribution >= 4 is 52.7 Å². The number of carbonyl (C=O) groups excluding carboxylic acids is 5. The van der Waals surface area contributed by atoms with Crippen LogP contribution < -0.4 is 25.3 Å². The molecular weight excluding hydrogens is 809 g/mol. The third-order valence-electron chi connectivity index (χ3n) is 12.6. The minimum absolute atomic E-state index is 0.0773. The zero-order valence-corrected chi connectivity index (χ0v) is 35.6.